The van der Waals surface area contributed by atoms with Gasteiger partial charge in [-0.05, 0) is 24.6 Å². The summed E-state index contributed by atoms with van der Waals surface area (Å²) in [6, 6.07) is 5.33. The maximum atomic E-state index is 12.2. The van der Waals surface area contributed by atoms with E-state index in [1.165, 1.54) is 10.9 Å². The van der Waals surface area contributed by atoms with Crippen LogP contribution in [0.1, 0.15) is 6.42 Å². The molecule has 0 N–H and O–H groups in total. The Morgan fingerprint density at radius 2 is 2.12 bits per heavy atom. The van der Waals surface area contributed by atoms with Crippen molar-refractivity contribution in [3.8, 4) is 5.69 Å². The van der Waals surface area contributed by atoms with Crippen LogP contribution in [0, 0.1) is 0 Å². The largest absolute Gasteiger partial charge is 0.372 e. The van der Waals surface area contributed by atoms with Gasteiger partial charge in [0.1, 0.15) is 5.02 Å². The summed E-state index contributed by atoms with van der Waals surface area (Å²) in [6.07, 6.45) is 4.16. The molecule has 25 heavy (non-hydrogen) atoms. The molecule has 1 fully saturated rings. The zero-order valence-electron chi connectivity index (χ0n) is 13.3. The van der Waals surface area contributed by atoms with Gasteiger partial charge in [0.2, 0.25) is 0 Å². The Hall–Kier alpha value is -1.53. The van der Waals surface area contributed by atoms with Crippen molar-refractivity contribution in [3.63, 3.8) is 0 Å². The van der Waals surface area contributed by atoms with Gasteiger partial charge in [-0.25, -0.2) is 0 Å². The summed E-state index contributed by atoms with van der Waals surface area (Å²) in [4.78, 5) is 14.3. The number of anilines is 1. The third kappa shape index (κ3) is 3.85. The first kappa shape index (κ1) is 18.3. The summed E-state index contributed by atoms with van der Waals surface area (Å²) in [6.45, 7) is 5.81. The molecule has 1 aliphatic heterocycles. The van der Waals surface area contributed by atoms with E-state index in [4.69, 9.17) is 39.5 Å². The first-order chi connectivity index (χ1) is 12.0. The van der Waals surface area contributed by atoms with Gasteiger partial charge in [0, 0.05) is 13.1 Å². The molecule has 1 atom stereocenters. The highest BCUT2D eigenvalue weighted by molar-refractivity contribution is 6.41. The highest BCUT2D eigenvalue weighted by Gasteiger charge is 2.24. The topological polar surface area (TPSA) is 47.4 Å². The van der Waals surface area contributed by atoms with Gasteiger partial charge in [-0.3, -0.25) is 4.79 Å². The van der Waals surface area contributed by atoms with Crippen LogP contribution in [0.2, 0.25) is 15.1 Å². The number of benzene rings is 1. The van der Waals surface area contributed by atoms with Crippen molar-refractivity contribution in [1.82, 2.24) is 9.78 Å². The molecule has 0 bridgehead atoms. The first-order valence-electron chi connectivity index (χ1n) is 7.72. The molecule has 1 saturated heterocycles. The minimum atomic E-state index is -0.489. The van der Waals surface area contributed by atoms with E-state index in [1.807, 2.05) is 6.07 Å². The second kappa shape index (κ2) is 7.79. The summed E-state index contributed by atoms with van der Waals surface area (Å²) in [5.41, 5.74) is 0.927. The van der Waals surface area contributed by atoms with Gasteiger partial charge in [0.05, 0.1) is 40.3 Å². The Kier molecular flexibility index (Phi) is 5.69. The lowest BCUT2D eigenvalue weighted by Crippen LogP contribution is -2.24. The van der Waals surface area contributed by atoms with E-state index >= 15 is 0 Å². The molecule has 0 radical (unpaired) electrons. The lowest BCUT2D eigenvalue weighted by atomic mass is 10.2. The fraction of sp³-hybridized carbons (Fsp3) is 0.294. The molecule has 2 heterocycles. The summed E-state index contributed by atoms with van der Waals surface area (Å²) in [7, 11) is 0. The van der Waals surface area contributed by atoms with E-state index in [9.17, 15) is 4.79 Å². The number of hydrogen-bond donors (Lipinski definition) is 0. The van der Waals surface area contributed by atoms with Crippen LogP contribution >= 0.6 is 34.8 Å². The smallest absolute Gasteiger partial charge is 0.291 e. The van der Waals surface area contributed by atoms with Gasteiger partial charge in [-0.1, -0.05) is 40.9 Å². The van der Waals surface area contributed by atoms with Gasteiger partial charge in [0.25, 0.3) is 5.56 Å². The van der Waals surface area contributed by atoms with Crippen LogP contribution in [0.15, 0.2) is 41.8 Å². The number of ether oxygens (including phenoxy) is 1. The van der Waals surface area contributed by atoms with E-state index in [2.05, 4.69) is 16.6 Å². The molecule has 8 heteroatoms. The van der Waals surface area contributed by atoms with Gasteiger partial charge in [0.15, 0.2) is 0 Å². The average Bonchev–Trinajstić information content (AvgIpc) is 3.06. The fourth-order valence-corrected chi connectivity index (χ4v) is 3.32. The Balaban J connectivity index is 1.84. The number of hydrogen-bond acceptors (Lipinski definition) is 4. The number of rotatable bonds is 5. The average molecular weight is 401 g/mol. The van der Waals surface area contributed by atoms with Gasteiger partial charge >= 0.3 is 0 Å². The van der Waals surface area contributed by atoms with Crippen LogP contribution in [0.3, 0.4) is 0 Å². The molecule has 1 aromatic carbocycles. The van der Waals surface area contributed by atoms with Crippen molar-refractivity contribution in [2.24, 2.45) is 0 Å². The van der Waals surface area contributed by atoms with Crippen molar-refractivity contribution in [1.29, 1.82) is 0 Å². The van der Waals surface area contributed by atoms with Crippen LogP contribution in [-0.2, 0) is 4.74 Å². The van der Waals surface area contributed by atoms with E-state index in [-0.39, 0.29) is 16.1 Å². The second-order valence-electron chi connectivity index (χ2n) is 5.64. The predicted molar refractivity (Wildman–Crippen MR) is 102 cm³/mol. The number of aromatic nitrogens is 2. The fourth-order valence-electron chi connectivity index (χ4n) is 2.77. The van der Waals surface area contributed by atoms with Crippen molar-refractivity contribution in [2.45, 2.75) is 12.5 Å². The van der Waals surface area contributed by atoms with Crippen LogP contribution in [-0.4, -0.2) is 35.6 Å². The SMILES string of the molecule is C=CCOC1CCN(c2ccc(-n3ncc(Cl)c(Cl)c3=O)cc2Cl)C1. The Bertz CT molecular complexity index is 854. The quantitative estimate of drug-likeness (QED) is 0.712. The maximum Gasteiger partial charge on any atom is 0.291 e. The molecule has 0 aliphatic carbocycles. The molecule has 1 aromatic heterocycles. The Labute approximate surface area is 160 Å². The molecule has 132 valence electrons. The molecular weight excluding hydrogens is 385 g/mol. The van der Waals surface area contributed by atoms with Crippen LogP contribution in [0.5, 0.6) is 0 Å². The third-order valence-electron chi connectivity index (χ3n) is 3.99. The van der Waals surface area contributed by atoms with Crippen LogP contribution in [0.25, 0.3) is 5.69 Å². The third-order valence-corrected chi connectivity index (χ3v) is 5.04. The molecule has 1 unspecified atom stereocenters. The van der Waals surface area contributed by atoms with E-state index in [0.717, 1.165) is 25.2 Å². The minimum Gasteiger partial charge on any atom is -0.372 e. The minimum absolute atomic E-state index is 0.0707. The molecule has 2 aromatic rings. The number of halogens is 3. The lowest BCUT2D eigenvalue weighted by molar-refractivity contribution is 0.0909. The van der Waals surface area contributed by atoms with Crippen LogP contribution < -0.4 is 10.5 Å². The second-order valence-corrected chi connectivity index (χ2v) is 6.83. The van der Waals surface area contributed by atoms with Gasteiger partial charge in [-0.2, -0.15) is 9.78 Å². The molecule has 3 rings (SSSR count). The van der Waals surface area contributed by atoms with E-state index in [1.54, 1.807) is 18.2 Å². The lowest BCUT2D eigenvalue weighted by Gasteiger charge is -2.20. The van der Waals surface area contributed by atoms with Crippen molar-refractivity contribution < 1.29 is 4.74 Å². The monoisotopic (exact) mass is 399 g/mol. The highest BCUT2D eigenvalue weighted by Crippen LogP contribution is 2.31. The summed E-state index contributed by atoms with van der Waals surface area (Å²) < 4.78 is 6.86. The normalized spacial score (nSPS) is 17.1. The van der Waals surface area contributed by atoms with Crippen molar-refractivity contribution in [3.05, 3.63) is 62.5 Å². The molecular formula is C17H16Cl3N3O2. The molecule has 0 saturated carbocycles. The highest BCUT2D eigenvalue weighted by atomic mass is 35.5. The Morgan fingerprint density at radius 1 is 1.32 bits per heavy atom. The zero-order chi connectivity index (χ0) is 18.0. The van der Waals surface area contributed by atoms with Gasteiger partial charge in [-0.15, -0.1) is 6.58 Å². The zero-order valence-corrected chi connectivity index (χ0v) is 15.6. The molecule has 5 nitrogen and oxygen atoms in total. The maximum absolute atomic E-state index is 12.2. The van der Waals surface area contributed by atoms with E-state index in [0.29, 0.717) is 17.3 Å². The van der Waals surface area contributed by atoms with Crippen molar-refractivity contribution in [2.75, 3.05) is 24.6 Å². The Morgan fingerprint density at radius 3 is 2.84 bits per heavy atom. The standard InChI is InChI=1S/C17H16Cl3N3O2/c1-2-7-25-12-5-6-22(10-12)15-4-3-11(8-13(15)18)23-17(24)16(20)14(19)9-21-23/h2-4,8-9,12H,1,5-7,10H2. The molecule has 0 amide bonds. The number of nitrogens with zero attached hydrogens (tertiary/aromatic N) is 3. The first-order valence-corrected chi connectivity index (χ1v) is 8.85. The molecule has 0 spiro atoms. The van der Waals surface area contributed by atoms with Crippen molar-refractivity contribution >= 4 is 40.5 Å². The molecule has 1 aliphatic rings. The summed E-state index contributed by atoms with van der Waals surface area (Å²) in [5, 5.41) is 4.59. The summed E-state index contributed by atoms with van der Waals surface area (Å²) >= 11 is 18.1. The predicted octanol–water partition coefficient (Wildman–Crippen LogP) is 3.97. The van der Waals surface area contributed by atoms with Gasteiger partial charge < -0.3 is 9.64 Å². The van der Waals surface area contributed by atoms with E-state index < -0.39 is 5.56 Å². The van der Waals surface area contributed by atoms with Crippen LogP contribution in [0.4, 0.5) is 5.69 Å². The summed E-state index contributed by atoms with van der Waals surface area (Å²) in [5.74, 6) is 0.